The van der Waals surface area contributed by atoms with Crippen LogP contribution in [0.25, 0.3) is 21.0 Å². The summed E-state index contributed by atoms with van der Waals surface area (Å²) in [4.78, 5) is 4.67. The summed E-state index contributed by atoms with van der Waals surface area (Å²) in [5.74, 6) is 1.78. The van der Waals surface area contributed by atoms with Crippen LogP contribution in [-0.2, 0) is 20.0 Å². The number of para-hydroxylation sites is 1. The fourth-order valence-electron chi connectivity index (χ4n) is 3.71. The van der Waals surface area contributed by atoms with Gasteiger partial charge in [-0.25, -0.2) is 4.98 Å². The maximum atomic E-state index is 6.05. The molecule has 1 aromatic carbocycles. The highest BCUT2D eigenvalue weighted by molar-refractivity contribution is 7.21. The highest BCUT2D eigenvalue weighted by Gasteiger charge is 2.23. The minimum Gasteiger partial charge on any atom is -0.457 e. The average Bonchev–Trinajstić information content (AvgIpc) is 3.38. The van der Waals surface area contributed by atoms with Crippen LogP contribution in [0.3, 0.4) is 0 Å². The molecule has 6 heteroatoms. The molecule has 1 atom stereocenters. The van der Waals surface area contributed by atoms with Crippen LogP contribution in [0, 0.1) is 0 Å². The van der Waals surface area contributed by atoms with E-state index in [4.69, 9.17) is 4.42 Å². The Labute approximate surface area is 155 Å². The van der Waals surface area contributed by atoms with E-state index in [1.54, 1.807) is 11.3 Å². The lowest BCUT2D eigenvalue weighted by atomic mass is 9.93. The van der Waals surface area contributed by atoms with Crippen molar-refractivity contribution >= 4 is 21.6 Å². The van der Waals surface area contributed by atoms with Crippen molar-refractivity contribution < 1.29 is 4.42 Å². The van der Waals surface area contributed by atoms with Gasteiger partial charge in [0, 0.05) is 24.3 Å². The van der Waals surface area contributed by atoms with E-state index in [9.17, 15) is 0 Å². The van der Waals surface area contributed by atoms with Crippen molar-refractivity contribution in [2.45, 2.75) is 31.8 Å². The van der Waals surface area contributed by atoms with Gasteiger partial charge in [-0.05, 0) is 43.5 Å². The molecule has 5 nitrogen and oxygen atoms in total. The molecular weight excluding hydrogens is 344 g/mol. The lowest BCUT2D eigenvalue weighted by molar-refractivity contribution is 0.417. The summed E-state index contributed by atoms with van der Waals surface area (Å²) < 4.78 is 9.23. The van der Waals surface area contributed by atoms with Gasteiger partial charge in [-0.15, -0.1) is 11.3 Å². The number of hydrogen-bond donors (Lipinski definition) is 1. The summed E-state index contributed by atoms with van der Waals surface area (Å²) in [6.07, 6.45) is 5.46. The number of benzene rings is 1. The summed E-state index contributed by atoms with van der Waals surface area (Å²) >= 11 is 1.67. The molecule has 0 radical (unpaired) electrons. The molecule has 1 N–H and O–H groups in total. The van der Waals surface area contributed by atoms with E-state index in [0.717, 1.165) is 34.9 Å². The topological polar surface area (TPSA) is 55.9 Å². The van der Waals surface area contributed by atoms with Crippen molar-refractivity contribution in [3.05, 3.63) is 59.6 Å². The molecule has 1 aliphatic carbocycles. The minimum absolute atomic E-state index is 0.350. The second-order valence-electron chi connectivity index (χ2n) is 6.75. The molecule has 0 spiro atoms. The Morgan fingerprint density at radius 2 is 2.19 bits per heavy atom. The van der Waals surface area contributed by atoms with Crippen LogP contribution in [-0.4, -0.2) is 14.8 Å². The largest absolute Gasteiger partial charge is 0.457 e. The molecule has 1 aliphatic rings. The van der Waals surface area contributed by atoms with Gasteiger partial charge in [0.05, 0.1) is 23.0 Å². The second kappa shape index (κ2) is 6.37. The van der Waals surface area contributed by atoms with E-state index in [0.29, 0.717) is 12.6 Å². The standard InChI is InChI=1S/C20H20N4OS/c1-24-17-7-4-6-15(14(17)12-22-24)21-11-13-9-10-18(25-13)20-23-16-5-2-3-8-19(16)26-20/h2-3,5,8-10,12,15,21H,4,6-7,11H2,1H3. The van der Waals surface area contributed by atoms with Gasteiger partial charge in [-0.3, -0.25) is 4.68 Å². The summed E-state index contributed by atoms with van der Waals surface area (Å²) in [5.41, 5.74) is 3.70. The number of hydrogen-bond acceptors (Lipinski definition) is 5. The first-order valence-corrected chi connectivity index (χ1v) is 9.78. The van der Waals surface area contributed by atoms with Gasteiger partial charge in [-0.1, -0.05) is 12.1 Å². The third-order valence-corrected chi connectivity index (χ3v) is 6.12. The Morgan fingerprint density at radius 3 is 3.12 bits per heavy atom. The van der Waals surface area contributed by atoms with Crippen molar-refractivity contribution in [2.75, 3.05) is 0 Å². The second-order valence-corrected chi connectivity index (χ2v) is 7.78. The molecule has 0 saturated carbocycles. The fraction of sp³-hybridized carbons (Fsp3) is 0.300. The smallest absolute Gasteiger partial charge is 0.163 e. The Kier molecular flexibility index (Phi) is 3.87. The van der Waals surface area contributed by atoms with Gasteiger partial charge in [0.1, 0.15) is 5.76 Å². The lowest BCUT2D eigenvalue weighted by Crippen LogP contribution is -2.24. The van der Waals surface area contributed by atoms with Crippen molar-refractivity contribution in [1.29, 1.82) is 0 Å². The molecule has 3 aromatic heterocycles. The molecule has 0 aliphatic heterocycles. The fourth-order valence-corrected chi connectivity index (χ4v) is 4.63. The number of furan rings is 1. The number of aromatic nitrogens is 3. The average molecular weight is 364 g/mol. The maximum absolute atomic E-state index is 6.05. The van der Waals surface area contributed by atoms with Gasteiger partial charge < -0.3 is 9.73 Å². The zero-order valence-electron chi connectivity index (χ0n) is 14.6. The van der Waals surface area contributed by atoms with Crippen molar-refractivity contribution in [3.63, 3.8) is 0 Å². The molecule has 4 aromatic rings. The molecular formula is C20H20N4OS. The summed E-state index contributed by atoms with van der Waals surface area (Å²) in [5, 5.41) is 8.98. The predicted octanol–water partition coefficient (Wildman–Crippen LogP) is 4.46. The number of nitrogens with zero attached hydrogens (tertiary/aromatic N) is 3. The zero-order valence-corrected chi connectivity index (χ0v) is 15.4. The predicted molar refractivity (Wildman–Crippen MR) is 103 cm³/mol. The Bertz CT molecular complexity index is 1030. The molecule has 26 heavy (non-hydrogen) atoms. The van der Waals surface area contributed by atoms with Crippen LogP contribution in [0.5, 0.6) is 0 Å². The number of fused-ring (bicyclic) bond motifs is 2. The van der Waals surface area contributed by atoms with Crippen molar-refractivity contribution in [1.82, 2.24) is 20.1 Å². The third kappa shape index (κ3) is 2.75. The van der Waals surface area contributed by atoms with E-state index in [-0.39, 0.29) is 0 Å². The van der Waals surface area contributed by atoms with E-state index in [2.05, 4.69) is 21.5 Å². The monoisotopic (exact) mass is 364 g/mol. The van der Waals surface area contributed by atoms with Gasteiger partial charge >= 0.3 is 0 Å². The van der Waals surface area contributed by atoms with E-state index >= 15 is 0 Å². The highest BCUT2D eigenvalue weighted by Crippen LogP contribution is 2.32. The van der Waals surface area contributed by atoms with Crippen LogP contribution in [0.4, 0.5) is 0 Å². The molecule has 3 heterocycles. The number of thiazole rings is 1. The van der Waals surface area contributed by atoms with E-state index in [1.165, 1.54) is 22.4 Å². The molecule has 5 rings (SSSR count). The van der Waals surface area contributed by atoms with Crippen LogP contribution in [0.2, 0.25) is 0 Å². The minimum atomic E-state index is 0.350. The summed E-state index contributed by atoms with van der Waals surface area (Å²) in [6, 6.07) is 12.6. The Balaban J connectivity index is 1.32. The number of rotatable bonds is 4. The van der Waals surface area contributed by atoms with Gasteiger partial charge in [-0.2, -0.15) is 5.10 Å². The molecule has 0 saturated heterocycles. The first-order chi connectivity index (χ1) is 12.8. The quantitative estimate of drug-likeness (QED) is 0.581. The molecule has 0 amide bonds. The SMILES string of the molecule is Cn1ncc2c1CCCC2NCc1ccc(-c2nc3ccccc3s2)o1. The normalized spacial score (nSPS) is 16.9. The van der Waals surface area contributed by atoms with E-state index in [1.807, 2.05) is 48.3 Å². The molecule has 0 fully saturated rings. The lowest BCUT2D eigenvalue weighted by Gasteiger charge is -2.23. The summed E-state index contributed by atoms with van der Waals surface area (Å²) in [7, 11) is 2.03. The number of nitrogens with one attached hydrogen (secondary N) is 1. The van der Waals surface area contributed by atoms with Crippen molar-refractivity contribution in [3.8, 4) is 10.8 Å². The Morgan fingerprint density at radius 1 is 1.27 bits per heavy atom. The van der Waals surface area contributed by atoms with Crippen LogP contribution < -0.4 is 5.32 Å². The van der Waals surface area contributed by atoms with Crippen molar-refractivity contribution in [2.24, 2.45) is 7.05 Å². The summed E-state index contributed by atoms with van der Waals surface area (Å²) in [6.45, 7) is 0.712. The van der Waals surface area contributed by atoms with E-state index < -0.39 is 0 Å². The maximum Gasteiger partial charge on any atom is 0.163 e. The molecule has 132 valence electrons. The van der Waals surface area contributed by atoms with Crippen LogP contribution in [0.1, 0.15) is 35.9 Å². The Hall–Kier alpha value is -2.44. The highest BCUT2D eigenvalue weighted by atomic mass is 32.1. The number of aryl methyl sites for hydroxylation is 1. The zero-order chi connectivity index (χ0) is 17.5. The molecule has 0 bridgehead atoms. The molecule has 1 unspecified atom stereocenters. The van der Waals surface area contributed by atoms with Gasteiger partial charge in [0.2, 0.25) is 0 Å². The van der Waals surface area contributed by atoms with Gasteiger partial charge in [0.25, 0.3) is 0 Å². The van der Waals surface area contributed by atoms with Crippen LogP contribution in [0.15, 0.2) is 47.0 Å². The third-order valence-electron chi connectivity index (χ3n) is 5.06. The van der Waals surface area contributed by atoms with Crippen LogP contribution >= 0.6 is 11.3 Å². The first-order valence-electron chi connectivity index (χ1n) is 8.97. The van der Waals surface area contributed by atoms with Gasteiger partial charge in [0.15, 0.2) is 10.8 Å². The first kappa shape index (κ1) is 15.8.